The number of pyridine rings is 1. The predicted octanol–water partition coefficient (Wildman–Crippen LogP) is 9.11. The number of anilines is 1. The lowest BCUT2D eigenvalue weighted by molar-refractivity contribution is -0.144. The number of hydrogen-bond acceptors (Lipinski definition) is 7. The Morgan fingerprint density at radius 1 is 0.962 bits per heavy atom. The molecule has 0 amide bonds. The molecule has 0 radical (unpaired) electrons. The van der Waals surface area contributed by atoms with Gasteiger partial charge in [-0.25, -0.2) is 12.8 Å². The van der Waals surface area contributed by atoms with E-state index in [-0.39, 0.29) is 38.1 Å². The number of carboxylic acids is 1. The summed E-state index contributed by atoms with van der Waals surface area (Å²) in [7, 11) is -4.08. The van der Waals surface area contributed by atoms with Crippen LogP contribution < -0.4 is 10.1 Å². The van der Waals surface area contributed by atoms with E-state index in [4.69, 9.17) is 26.1 Å². The lowest BCUT2D eigenvalue weighted by Crippen LogP contribution is -2.48. The maximum atomic E-state index is 14.6. The Bertz CT molecular complexity index is 1960. The number of aliphatic carboxylic acids is 1. The molecule has 1 fully saturated rings. The molecule has 12 heteroatoms. The van der Waals surface area contributed by atoms with E-state index in [0.717, 1.165) is 47.2 Å². The third-order valence-electron chi connectivity index (χ3n) is 9.71. The van der Waals surface area contributed by atoms with Crippen molar-refractivity contribution in [3.05, 3.63) is 100 Å². The number of carbonyl (C=O) groups is 1. The van der Waals surface area contributed by atoms with Crippen molar-refractivity contribution >= 4 is 44.2 Å². The van der Waals surface area contributed by atoms with E-state index >= 15 is 0 Å². The number of sulfonamides is 1. The summed E-state index contributed by atoms with van der Waals surface area (Å²) in [5.41, 5.74) is 4.15. The summed E-state index contributed by atoms with van der Waals surface area (Å²) in [6.07, 6.45) is 3.10. The van der Waals surface area contributed by atoms with Gasteiger partial charge in [-0.15, -0.1) is 0 Å². The predicted molar refractivity (Wildman–Crippen MR) is 209 cm³/mol. The molecule has 4 aromatic rings. The molecule has 0 spiro atoms. The number of aryl methyl sites for hydroxylation is 1. The van der Waals surface area contributed by atoms with Crippen molar-refractivity contribution in [3.63, 3.8) is 0 Å². The number of halogens is 2. The summed E-state index contributed by atoms with van der Waals surface area (Å²) in [6.45, 7) is 12.4. The number of hydrogen-bond donors (Lipinski definition) is 2. The highest BCUT2D eigenvalue weighted by Gasteiger charge is 2.41. The lowest BCUT2D eigenvalue weighted by atomic mass is 9.84. The van der Waals surface area contributed by atoms with Gasteiger partial charge >= 0.3 is 5.97 Å². The third kappa shape index (κ3) is 10.1. The summed E-state index contributed by atoms with van der Waals surface area (Å²) in [6, 6.07) is 22.3. The average molecular weight is 768 g/mol. The minimum Gasteiger partial charge on any atom is -0.485 e. The van der Waals surface area contributed by atoms with Gasteiger partial charge < -0.3 is 19.9 Å². The molecule has 0 aliphatic carbocycles. The van der Waals surface area contributed by atoms with Gasteiger partial charge in [-0.3, -0.25) is 9.78 Å². The molecule has 5 rings (SSSR count). The Labute approximate surface area is 317 Å². The minimum absolute atomic E-state index is 0.0605. The molecule has 0 saturated carbocycles. The van der Waals surface area contributed by atoms with Gasteiger partial charge in [-0.05, 0) is 108 Å². The van der Waals surface area contributed by atoms with Crippen LogP contribution in [0.1, 0.15) is 95.4 Å². The largest absolute Gasteiger partial charge is 0.485 e. The summed E-state index contributed by atoms with van der Waals surface area (Å²) in [4.78, 5) is 16.1. The van der Waals surface area contributed by atoms with E-state index in [0.29, 0.717) is 35.6 Å². The Morgan fingerprint density at radius 3 is 2.15 bits per heavy atom. The fourth-order valence-electron chi connectivity index (χ4n) is 6.71. The van der Waals surface area contributed by atoms with E-state index in [1.54, 1.807) is 20.0 Å². The first-order chi connectivity index (χ1) is 24.7. The first kappa shape index (κ1) is 40.4. The first-order valence-corrected chi connectivity index (χ1v) is 19.8. The summed E-state index contributed by atoms with van der Waals surface area (Å²) >= 11 is 6.34. The quantitative estimate of drug-likeness (QED) is 0.115. The van der Waals surface area contributed by atoms with Gasteiger partial charge in [0.05, 0.1) is 18.6 Å². The van der Waals surface area contributed by atoms with Crippen LogP contribution in [0.25, 0.3) is 10.9 Å². The van der Waals surface area contributed by atoms with Gasteiger partial charge in [0.15, 0.2) is 0 Å². The molecule has 53 heavy (non-hydrogen) atoms. The molecule has 0 bridgehead atoms. The van der Waals surface area contributed by atoms with E-state index in [2.05, 4.69) is 42.6 Å². The molecule has 1 aromatic heterocycles. The van der Waals surface area contributed by atoms with Crippen molar-refractivity contribution in [2.45, 2.75) is 102 Å². The van der Waals surface area contributed by atoms with Crippen LogP contribution in [0, 0.1) is 6.92 Å². The molecule has 1 aliphatic rings. The number of nitrogens with one attached hydrogen (secondary N) is 1. The molecule has 1 atom stereocenters. The fourth-order valence-corrected chi connectivity index (χ4v) is 8.14. The van der Waals surface area contributed by atoms with E-state index in [1.165, 1.54) is 4.31 Å². The second-order valence-corrected chi connectivity index (χ2v) is 18.5. The number of nitrogens with zero attached hydrogens (tertiary/aromatic N) is 2. The number of rotatable bonds is 15. The van der Waals surface area contributed by atoms with Crippen LogP contribution in [0.3, 0.4) is 0 Å². The van der Waals surface area contributed by atoms with E-state index in [1.807, 2.05) is 50.2 Å². The minimum atomic E-state index is -4.08. The topological polar surface area (TPSA) is 118 Å². The molecule has 2 N–H and O–H groups in total. The van der Waals surface area contributed by atoms with Gasteiger partial charge in [0.25, 0.3) is 0 Å². The summed E-state index contributed by atoms with van der Waals surface area (Å²) < 4.78 is 54.2. The van der Waals surface area contributed by atoms with Crippen molar-refractivity contribution in [2.75, 3.05) is 25.0 Å². The fraction of sp³-hybridized carbons (Fsp3) is 0.463. The van der Waals surface area contributed by atoms with Crippen molar-refractivity contribution in [3.8, 4) is 5.75 Å². The monoisotopic (exact) mass is 767 g/mol. The molecule has 1 saturated heterocycles. The lowest BCUT2D eigenvalue weighted by Gasteiger charge is -2.34. The highest BCUT2D eigenvalue weighted by molar-refractivity contribution is 7.90. The van der Waals surface area contributed by atoms with Crippen LogP contribution in [0.4, 0.5) is 10.1 Å². The van der Waals surface area contributed by atoms with Crippen LogP contribution in [-0.4, -0.2) is 70.7 Å². The standard InChI is InChI=1S/C41H51ClFN3O6S/c1-27-8-10-28(11-9-27)37(29-12-14-31(42)15-13-29)30-24-33-34(45-32-17-21-46(22-18-32)53(49,50)41(6,7)43)16-20-44-38(33)35(25-30)52-39(2,3)19-23-51-40(4,5)26-36(47)48/h8-16,20,24-25,32,37H,17-19,21-23,26H2,1-7H3,(H,44,45)(H,47,48). The average Bonchev–Trinajstić information content (AvgIpc) is 3.06. The molecule has 1 unspecified atom stereocenters. The van der Waals surface area contributed by atoms with E-state index in [9.17, 15) is 22.7 Å². The zero-order valence-corrected chi connectivity index (χ0v) is 33.2. The van der Waals surface area contributed by atoms with Crippen LogP contribution >= 0.6 is 11.6 Å². The Hall–Kier alpha value is -3.77. The van der Waals surface area contributed by atoms with Crippen LogP contribution in [0.2, 0.25) is 5.02 Å². The Morgan fingerprint density at radius 2 is 1.57 bits per heavy atom. The van der Waals surface area contributed by atoms with Crippen molar-refractivity contribution in [1.82, 2.24) is 9.29 Å². The van der Waals surface area contributed by atoms with E-state index < -0.39 is 32.2 Å². The highest BCUT2D eigenvalue weighted by atomic mass is 35.5. The second-order valence-electron chi connectivity index (χ2n) is 15.6. The number of alkyl halides is 1. The molecule has 9 nitrogen and oxygen atoms in total. The number of piperidine rings is 1. The van der Waals surface area contributed by atoms with Crippen LogP contribution in [0.15, 0.2) is 72.9 Å². The number of aromatic nitrogens is 1. The molecule has 3 aromatic carbocycles. The normalized spacial score (nSPS) is 15.7. The Balaban J connectivity index is 1.55. The molecular weight excluding hydrogens is 717 g/mol. The zero-order chi connectivity index (χ0) is 38.8. The summed E-state index contributed by atoms with van der Waals surface area (Å²) in [5.74, 6) is -0.533. The van der Waals surface area contributed by atoms with Crippen LogP contribution in [0.5, 0.6) is 5.75 Å². The van der Waals surface area contributed by atoms with Gasteiger partial charge in [-0.2, -0.15) is 4.31 Å². The number of carboxylic acid groups (broad SMARTS) is 1. The first-order valence-electron chi connectivity index (χ1n) is 18.0. The van der Waals surface area contributed by atoms with Gasteiger partial charge in [0, 0.05) is 53.8 Å². The van der Waals surface area contributed by atoms with Crippen molar-refractivity contribution in [2.24, 2.45) is 0 Å². The van der Waals surface area contributed by atoms with Gasteiger partial charge in [0.1, 0.15) is 16.9 Å². The zero-order valence-electron chi connectivity index (χ0n) is 31.6. The number of fused-ring (bicyclic) bond motifs is 1. The molecule has 286 valence electrons. The highest BCUT2D eigenvalue weighted by Crippen LogP contribution is 2.41. The summed E-state index contributed by atoms with van der Waals surface area (Å²) in [5, 5.41) is 12.1. The van der Waals surface area contributed by atoms with Gasteiger partial charge in [0.2, 0.25) is 15.0 Å². The number of benzene rings is 3. The molecule has 1 aliphatic heterocycles. The Kier molecular flexibility index (Phi) is 12.1. The SMILES string of the molecule is Cc1ccc(C(c2ccc(Cl)cc2)c2cc(OC(C)(C)CCOC(C)(C)CC(=O)O)c3nccc(NC4CCN(S(=O)(=O)C(C)(C)F)CC4)c3c2)cc1. The maximum Gasteiger partial charge on any atom is 0.306 e. The molecule has 2 heterocycles. The molecular formula is C41H51ClFN3O6S. The number of ether oxygens (including phenoxy) is 2. The second kappa shape index (κ2) is 15.9. The van der Waals surface area contributed by atoms with Crippen LogP contribution in [-0.2, 0) is 19.6 Å². The van der Waals surface area contributed by atoms with Gasteiger partial charge in [-0.1, -0.05) is 53.6 Å². The van der Waals surface area contributed by atoms with Crippen molar-refractivity contribution < 1.29 is 32.2 Å². The third-order valence-corrected chi connectivity index (χ3v) is 12.2. The smallest absolute Gasteiger partial charge is 0.306 e. The maximum absolute atomic E-state index is 14.6. The van der Waals surface area contributed by atoms with Crippen molar-refractivity contribution in [1.29, 1.82) is 0 Å².